The van der Waals surface area contributed by atoms with Crippen molar-refractivity contribution in [3.8, 4) is 0 Å². The summed E-state index contributed by atoms with van der Waals surface area (Å²) in [6, 6.07) is 6.87. The lowest BCUT2D eigenvalue weighted by Crippen LogP contribution is -2.26. The molecule has 1 aliphatic rings. The van der Waals surface area contributed by atoms with Gasteiger partial charge >= 0.3 is 0 Å². The number of rotatable bonds is 3. The van der Waals surface area contributed by atoms with Gasteiger partial charge in [-0.25, -0.2) is 0 Å². The van der Waals surface area contributed by atoms with Gasteiger partial charge in [0, 0.05) is 38.6 Å². The molecule has 2 atom stereocenters. The van der Waals surface area contributed by atoms with Gasteiger partial charge in [0.25, 0.3) is 0 Å². The van der Waals surface area contributed by atoms with Crippen LogP contribution in [0.1, 0.15) is 40.9 Å². The minimum atomic E-state index is 0.366. The number of hydrogen-bond donors (Lipinski definition) is 1. The van der Waals surface area contributed by atoms with Crippen molar-refractivity contribution in [2.24, 2.45) is 0 Å². The molecule has 2 unspecified atom stereocenters. The quantitative estimate of drug-likeness (QED) is 0.904. The maximum atomic E-state index is 4.65. The zero-order valence-corrected chi connectivity index (χ0v) is 13.3. The van der Waals surface area contributed by atoms with Crippen LogP contribution < -0.4 is 5.32 Å². The summed E-state index contributed by atoms with van der Waals surface area (Å²) < 4.78 is 1.17. The lowest BCUT2D eigenvalue weighted by molar-refractivity contribution is 0.420. The molecule has 3 rings (SSSR count). The van der Waals surface area contributed by atoms with Crippen LogP contribution in [0.15, 0.2) is 34.2 Å². The molecule has 19 heavy (non-hydrogen) atoms. The van der Waals surface area contributed by atoms with Gasteiger partial charge in [0.15, 0.2) is 0 Å². The first-order valence-corrected chi connectivity index (χ1v) is 8.32. The van der Waals surface area contributed by atoms with Crippen LogP contribution in [0.2, 0.25) is 0 Å². The van der Waals surface area contributed by atoms with E-state index in [0.29, 0.717) is 12.0 Å². The van der Waals surface area contributed by atoms with Gasteiger partial charge in [-0.3, -0.25) is 4.98 Å². The van der Waals surface area contributed by atoms with Gasteiger partial charge in [0.05, 0.1) is 0 Å². The third kappa shape index (κ3) is 2.62. The van der Waals surface area contributed by atoms with Gasteiger partial charge < -0.3 is 5.32 Å². The fourth-order valence-electron chi connectivity index (χ4n) is 3.00. The number of likely N-dealkylation sites (N-methyl/N-ethyl adjacent to an activating group) is 1. The Labute approximate surface area is 126 Å². The first-order chi connectivity index (χ1) is 9.29. The predicted octanol–water partition coefficient (Wildman–Crippen LogP) is 4.29. The van der Waals surface area contributed by atoms with Crippen molar-refractivity contribution >= 4 is 27.3 Å². The average molecular weight is 337 g/mol. The first-order valence-electron chi connectivity index (χ1n) is 6.64. The Morgan fingerprint density at radius 3 is 3.16 bits per heavy atom. The Morgan fingerprint density at radius 2 is 2.42 bits per heavy atom. The lowest BCUT2D eigenvalue weighted by atomic mass is 9.81. The molecule has 0 aromatic carbocycles. The van der Waals surface area contributed by atoms with E-state index in [2.05, 4.69) is 56.9 Å². The maximum absolute atomic E-state index is 4.65. The molecular formula is C15H17BrN2S. The van der Waals surface area contributed by atoms with E-state index in [1.54, 1.807) is 0 Å². The molecule has 1 N–H and O–H groups in total. The van der Waals surface area contributed by atoms with Crippen LogP contribution in [0.5, 0.6) is 0 Å². The van der Waals surface area contributed by atoms with Crippen LogP contribution in [0.3, 0.4) is 0 Å². The van der Waals surface area contributed by atoms with E-state index >= 15 is 0 Å². The van der Waals surface area contributed by atoms with Crippen molar-refractivity contribution in [2.75, 3.05) is 7.05 Å². The Balaban J connectivity index is 1.97. The average Bonchev–Trinajstić information content (AvgIpc) is 2.86. The highest BCUT2D eigenvalue weighted by molar-refractivity contribution is 9.10. The van der Waals surface area contributed by atoms with Crippen LogP contribution in [0.25, 0.3) is 0 Å². The summed E-state index contributed by atoms with van der Waals surface area (Å²) in [4.78, 5) is 6.04. The van der Waals surface area contributed by atoms with Crippen molar-refractivity contribution < 1.29 is 0 Å². The molecule has 100 valence electrons. The standard InChI is InChI=1S/C15H17BrN2S/c1-17-15(13-8-11(16)9-19-13)12-6-2-4-10-5-3-7-18-14(10)12/h3,5,7-9,12,15,17H,2,4,6H2,1H3. The van der Waals surface area contributed by atoms with E-state index in [0.717, 1.165) is 0 Å². The van der Waals surface area contributed by atoms with Crippen LogP contribution in [0.4, 0.5) is 0 Å². The minimum Gasteiger partial charge on any atom is -0.312 e. The Morgan fingerprint density at radius 1 is 1.53 bits per heavy atom. The molecule has 0 bridgehead atoms. The second-order valence-corrected chi connectivity index (χ2v) is 6.84. The number of hydrogen-bond acceptors (Lipinski definition) is 3. The van der Waals surface area contributed by atoms with Crippen molar-refractivity contribution in [2.45, 2.75) is 31.2 Å². The topological polar surface area (TPSA) is 24.9 Å². The van der Waals surface area contributed by atoms with E-state index in [-0.39, 0.29) is 0 Å². The summed E-state index contributed by atoms with van der Waals surface area (Å²) in [6.07, 6.45) is 5.57. The monoisotopic (exact) mass is 336 g/mol. The SMILES string of the molecule is CNC(c1cc(Br)cs1)C1CCCc2cccnc21. The molecule has 0 radical (unpaired) electrons. The summed E-state index contributed by atoms with van der Waals surface area (Å²) in [7, 11) is 2.05. The third-order valence-electron chi connectivity index (χ3n) is 3.85. The number of nitrogens with one attached hydrogen (secondary N) is 1. The molecule has 0 spiro atoms. The molecule has 0 saturated carbocycles. The molecule has 0 fully saturated rings. The smallest absolute Gasteiger partial charge is 0.0497 e. The molecule has 2 heterocycles. The molecule has 0 aliphatic heterocycles. The van der Waals surface area contributed by atoms with E-state index in [9.17, 15) is 0 Å². The lowest BCUT2D eigenvalue weighted by Gasteiger charge is -2.30. The number of aromatic nitrogens is 1. The second-order valence-electron chi connectivity index (χ2n) is 4.98. The van der Waals surface area contributed by atoms with Crippen molar-refractivity contribution in [1.29, 1.82) is 0 Å². The number of halogens is 1. The summed E-state index contributed by atoms with van der Waals surface area (Å²) in [5, 5.41) is 5.65. The molecule has 1 aliphatic carbocycles. The number of aryl methyl sites for hydroxylation is 1. The van der Waals surface area contributed by atoms with E-state index in [1.807, 2.05) is 17.5 Å². The number of nitrogens with zero attached hydrogens (tertiary/aromatic N) is 1. The Kier molecular flexibility index (Phi) is 4.01. The van der Waals surface area contributed by atoms with Gasteiger partial charge in [-0.05, 0) is 59.9 Å². The third-order valence-corrected chi connectivity index (χ3v) is 5.62. The van der Waals surface area contributed by atoms with Crippen LogP contribution >= 0.6 is 27.3 Å². The Bertz CT molecular complexity index is 567. The van der Waals surface area contributed by atoms with Crippen molar-refractivity contribution in [1.82, 2.24) is 10.3 Å². The van der Waals surface area contributed by atoms with Crippen LogP contribution in [0, 0.1) is 0 Å². The normalized spacial score (nSPS) is 20.0. The first kappa shape index (κ1) is 13.3. The molecule has 2 aromatic heterocycles. The molecule has 2 aromatic rings. The van der Waals surface area contributed by atoms with E-state index < -0.39 is 0 Å². The zero-order valence-electron chi connectivity index (χ0n) is 10.9. The molecule has 4 heteroatoms. The molecule has 0 saturated heterocycles. The van der Waals surface area contributed by atoms with Crippen LogP contribution in [-0.2, 0) is 6.42 Å². The largest absolute Gasteiger partial charge is 0.312 e. The van der Waals surface area contributed by atoms with E-state index in [4.69, 9.17) is 0 Å². The summed E-state index contributed by atoms with van der Waals surface area (Å²) in [5.41, 5.74) is 2.72. The van der Waals surface area contributed by atoms with Gasteiger partial charge in [-0.2, -0.15) is 0 Å². The van der Waals surface area contributed by atoms with Gasteiger partial charge in [0.2, 0.25) is 0 Å². The van der Waals surface area contributed by atoms with E-state index in [1.165, 1.54) is 39.9 Å². The zero-order chi connectivity index (χ0) is 13.2. The minimum absolute atomic E-state index is 0.366. The summed E-state index contributed by atoms with van der Waals surface area (Å²) in [6.45, 7) is 0. The number of fused-ring (bicyclic) bond motifs is 1. The predicted molar refractivity (Wildman–Crippen MR) is 83.7 cm³/mol. The van der Waals surface area contributed by atoms with Gasteiger partial charge in [-0.1, -0.05) is 6.07 Å². The fourth-order valence-corrected chi connectivity index (χ4v) is 4.62. The van der Waals surface area contributed by atoms with Crippen molar-refractivity contribution in [3.05, 3.63) is 50.4 Å². The Hall–Kier alpha value is -0.710. The number of thiophene rings is 1. The highest BCUT2D eigenvalue weighted by Gasteiger charge is 2.29. The highest BCUT2D eigenvalue weighted by Crippen LogP contribution is 2.41. The molecule has 2 nitrogen and oxygen atoms in total. The van der Waals surface area contributed by atoms with Crippen LogP contribution in [-0.4, -0.2) is 12.0 Å². The summed E-state index contributed by atoms with van der Waals surface area (Å²) in [5.74, 6) is 0.487. The molecule has 0 amide bonds. The maximum Gasteiger partial charge on any atom is 0.0497 e. The van der Waals surface area contributed by atoms with Crippen molar-refractivity contribution in [3.63, 3.8) is 0 Å². The highest BCUT2D eigenvalue weighted by atomic mass is 79.9. The number of pyridine rings is 1. The van der Waals surface area contributed by atoms with Gasteiger partial charge in [0.1, 0.15) is 0 Å². The second kappa shape index (κ2) is 5.73. The van der Waals surface area contributed by atoms with Gasteiger partial charge in [-0.15, -0.1) is 11.3 Å². The summed E-state index contributed by atoms with van der Waals surface area (Å²) >= 11 is 5.37. The molecular weight excluding hydrogens is 320 g/mol. The fraction of sp³-hybridized carbons (Fsp3) is 0.400.